The van der Waals surface area contributed by atoms with E-state index in [1.165, 1.54) is 7.05 Å². The first-order valence-corrected chi connectivity index (χ1v) is 9.39. The molecule has 3 heterocycles. The first-order chi connectivity index (χ1) is 14.4. The number of H-pyrrole nitrogens is 1. The van der Waals surface area contributed by atoms with E-state index in [2.05, 4.69) is 20.8 Å². The van der Waals surface area contributed by atoms with Crippen LogP contribution in [0.2, 0.25) is 0 Å². The molecule has 1 aromatic carbocycles. The van der Waals surface area contributed by atoms with Crippen molar-refractivity contribution in [1.29, 1.82) is 0 Å². The van der Waals surface area contributed by atoms with Crippen molar-refractivity contribution in [2.45, 2.75) is 20.0 Å². The van der Waals surface area contributed by atoms with Crippen LogP contribution >= 0.6 is 0 Å². The number of aryl methyl sites for hydroxylation is 2. The number of hydrogen-bond donors (Lipinski definition) is 3. The van der Waals surface area contributed by atoms with Crippen molar-refractivity contribution < 1.29 is 18.7 Å². The number of carbonyl (C=O) groups excluding carboxylic acids is 2. The second-order valence-corrected chi connectivity index (χ2v) is 6.99. The summed E-state index contributed by atoms with van der Waals surface area (Å²) in [5.41, 5.74) is 0.854. The summed E-state index contributed by atoms with van der Waals surface area (Å²) < 4.78 is 11.4. The number of aromatic amines is 1. The lowest BCUT2D eigenvalue weighted by atomic mass is 10.1. The molecule has 0 aliphatic carbocycles. The maximum Gasteiger partial charge on any atom is 0.277 e. The van der Waals surface area contributed by atoms with E-state index in [1.807, 2.05) is 12.1 Å². The van der Waals surface area contributed by atoms with Crippen LogP contribution in [-0.4, -0.2) is 48.3 Å². The van der Waals surface area contributed by atoms with Crippen molar-refractivity contribution in [2.75, 3.05) is 30.4 Å². The highest BCUT2D eigenvalue weighted by Crippen LogP contribution is 2.33. The van der Waals surface area contributed by atoms with E-state index in [-0.39, 0.29) is 30.3 Å². The van der Waals surface area contributed by atoms with Crippen LogP contribution in [0.3, 0.4) is 0 Å². The van der Waals surface area contributed by atoms with Gasteiger partial charge in [-0.1, -0.05) is 12.1 Å². The minimum atomic E-state index is -0.749. The van der Waals surface area contributed by atoms with Crippen molar-refractivity contribution in [3.05, 3.63) is 46.1 Å². The number of anilines is 2. The Hall–Kier alpha value is -3.82. The van der Waals surface area contributed by atoms with Gasteiger partial charge in [0.05, 0.1) is 29.9 Å². The van der Waals surface area contributed by atoms with Gasteiger partial charge >= 0.3 is 0 Å². The van der Waals surface area contributed by atoms with Crippen LogP contribution < -0.4 is 25.8 Å². The minimum Gasteiger partial charge on any atom is -0.477 e. The molecule has 1 aliphatic rings. The molecule has 1 aliphatic heterocycles. The molecular formula is C20H21N5O5. The van der Waals surface area contributed by atoms with Gasteiger partial charge in [0.1, 0.15) is 16.9 Å². The number of fused-ring (bicyclic) bond motifs is 2. The lowest BCUT2D eigenvalue weighted by Gasteiger charge is -2.34. The number of nitrogens with one attached hydrogen (secondary N) is 3. The number of amides is 2. The summed E-state index contributed by atoms with van der Waals surface area (Å²) in [4.78, 5) is 38.9. The van der Waals surface area contributed by atoms with Crippen LogP contribution in [-0.2, 0) is 9.59 Å². The molecule has 2 aromatic heterocycles. The standard InChI is InChI=1S/C20H21N5O5/c1-10-16-11(2)29-20(17(16)19(28)24-23-10)22-15(26)9-25-8-14(18(27)21-3)30-13-7-5-4-6-12(13)25/h4-7,14H,8-9H2,1-3H3,(H,21,27)(H,22,26)(H,24,28). The molecule has 30 heavy (non-hydrogen) atoms. The second kappa shape index (κ2) is 7.54. The third kappa shape index (κ3) is 3.36. The van der Waals surface area contributed by atoms with Gasteiger partial charge in [-0.25, -0.2) is 5.10 Å². The molecule has 0 bridgehead atoms. The van der Waals surface area contributed by atoms with Gasteiger partial charge in [-0.3, -0.25) is 19.7 Å². The quantitative estimate of drug-likeness (QED) is 0.586. The summed E-state index contributed by atoms with van der Waals surface area (Å²) in [5, 5.41) is 12.4. The molecule has 0 radical (unpaired) electrons. The van der Waals surface area contributed by atoms with Crippen molar-refractivity contribution in [2.24, 2.45) is 0 Å². The van der Waals surface area contributed by atoms with E-state index >= 15 is 0 Å². The molecule has 0 fully saturated rings. The van der Waals surface area contributed by atoms with Crippen molar-refractivity contribution in [3.63, 3.8) is 0 Å². The number of nitrogens with zero attached hydrogens (tertiary/aromatic N) is 2. The third-order valence-electron chi connectivity index (χ3n) is 4.99. The zero-order chi connectivity index (χ0) is 21.4. The van der Waals surface area contributed by atoms with E-state index in [0.29, 0.717) is 28.3 Å². The summed E-state index contributed by atoms with van der Waals surface area (Å²) in [6.07, 6.45) is -0.749. The molecule has 4 rings (SSSR count). The molecule has 2 amide bonds. The molecule has 1 atom stereocenters. The number of aromatic nitrogens is 2. The van der Waals surface area contributed by atoms with Crippen molar-refractivity contribution in [1.82, 2.24) is 15.5 Å². The molecule has 0 spiro atoms. The number of hydrogen-bond acceptors (Lipinski definition) is 7. The zero-order valence-electron chi connectivity index (χ0n) is 16.7. The van der Waals surface area contributed by atoms with Gasteiger partial charge in [0.2, 0.25) is 11.8 Å². The average Bonchev–Trinajstić information content (AvgIpc) is 3.06. The molecule has 156 valence electrons. The largest absolute Gasteiger partial charge is 0.477 e. The Kier molecular flexibility index (Phi) is 4.90. The summed E-state index contributed by atoms with van der Waals surface area (Å²) in [6, 6.07) is 7.18. The second-order valence-electron chi connectivity index (χ2n) is 6.99. The number of benzene rings is 1. The fourth-order valence-electron chi connectivity index (χ4n) is 3.63. The van der Waals surface area contributed by atoms with Crippen LogP contribution in [0.1, 0.15) is 11.5 Å². The van der Waals surface area contributed by atoms with E-state index in [1.54, 1.807) is 30.9 Å². The van der Waals surface area contributed by atoms with Crippen molar-refractivity contribution >= 4 is 34.2 Å². The van der Waals surface area contributed by atoms with Gasteiger partial charge in [-0.05, 0) is 26.0 Å². The van der Waals surface area contributed by atoms with Gasteiger partial charge in [0.15, 0.2) is 6.10 Å². The van der Waals surface area contributed by atoms with E-state index in [9.17, 15) is 14.4 Å². The van der Waals surface area contributed by atoms with Crippen LogP contribution in [0.5, 0.6) is 5.75 Å². The van der Waals surface area contributed by atoms with E-state index < -0.39 is 17.6 Å². The summed E-state index contributed by atoms with van der Waals surface area (Å²) in [5.74, 6) is 0.406. The predicted molar refractivity (Wildman–Crippen MR) is 110 cm³/mol. The topological polar surface area (TPSA) is 130 Å². The van der Waals surface area contributed by atoms with Gasteiger partial charge in [-0.15, -0.1) is 0 Å². The average molecular weight is 411 g/mol. The van der Waals surface area contributed by atoms with E-state index in [4.69, 9.17) is 9.15 Å². The molecule has 10 heteroatoms. The number of ether oxygens (including phenoxy) is 1. The van der Waals surface area contributed by atoms with Crippen LogP contribution in [0, 0.1) is 13.8 Å². The lowest BCUT2D eigenvalue weighted by molar-refractivity contribution is -0.127. The maximum absolute atomic E-state index is 12.8. The van der Waals surface area contributed by atoms with Gasteiger partial charge in [-0.2, -0.15) is 5.10 Å². The molecule has 10 nitrogen and oxygen atoms in total. The normalized spacial score (nSPS) is 15.4. The number of para-hydroxylation sites is 2. The minimum absolute atomic E-state index is 0.0585. The molecule has 0 saturated carbocycles. The van der Waals surface area contributed by atoms with Crippen LogP contribution in [0.4, 0.5) is 11.6 Å². The Morgan fingerprint density at radius 2 is 2.03 bits per heavy atom. The third-order valence-corrected chi connectivity index (χ3v) is 4.99. The van der Waals surface area contributed by atoms with Gasteiger partial charge in [0, 0.05) is 7.05 Å². The predicted octanol–water partition coefficient (Wildman–Crippen LogP) is 1.09. The summed E-state index contributed by atoms with van der Waals surface area (Å²) >= 11 is 0. The Bertz CT molecular complexity index is 1200. The Morgan fingerprint density at radius 3 is 2.80 bits per heavy atom. The molecular weight excluding hydrogens is 390 g/mol. The number of likely N-dealkylation sites (N-methyl/N-ethyl adjacent to an activating group) is 1. The van der Waals surface area contributed by atoms with Crippen LogP contribution in [0.15, 0.2) is 33.5 Å². The first-order valence-electron chi connectivity index (χ1n) is 9.39. The van der Waals surface area contributed by atoms with Crippen molar-refractivity contribution in [3.8, 4) is 5.75 Å². The maximum atomic E-state index is 12.8. The highest BCUT2D eigenvalue weighted by atomic mass is 16.5. The number of furan rings is 1. The first kappa shape index (κ1) is 19.5. The number of carbonyl (C=O) groups is 2. The van der Waals surface area contributed by atoms with Gasteiger partial charge in [0.25, 0.3) is 11.5 Å². The number of rotatable bonds is 4. The Balaban J connectivity index is 1.60. The SMILES string of the molecule is CNC(=O)C1CN(CC(=O)Nc2oc(C)c3c(C)n[nH]c(=O)c23)c2ccccc2O1. The molecule has 3 aromatic rings. The summed E-state index contributed by atoms with van der Waals surface area (Å²) in [7, 11) is 1.53. The highest BCUT2D eigenvalue weighted by Gasteiger charge is 2.31. The highest BCUT2D eigenvalue weighted by molar-refractivity contribution is 6.02. The van der Waals surface area contributed by atoms with Crippen LogP contribution in [0.25, 0.3) is 10.8 Å². The smallest absolute Gasteiger partial charge is 0.277 e. The summed E-state index contributed by atoms with van der Waals surface area (Å²) in [6.45, 7) is 3.59. The van der Waals surface area contributed by atoms with E-state index in [0.717, 1.165) is 0 Å². The Morgan fingerprint density at radius 1 is 1.27 bits per heavy atom. The lowest BCUT2D eigenvalue weighted by Crippen LogP contribution is -2.50. The molecule has 3 N–H and O–H groups in total. The Labute approximate surface area is 171 Å². The van der Waals surface area contributed by atoms with Gasteiger partial charge < -0.3 is 19.4 Å². The fourth-order valence-corrected chi connectivity index (χ4v) is 3.63. The monoisotopic (exact) mass is 411 g/mol. The molecule has 0 saturated heterocycles. The zero-order valence-corrected chi connectivity index (χ0v) is 16.7. The fraction of sp³-hybridized carbons (Fsp3) is 0.300. The molecule has 1 unspecified atom stereocenters.